The molecule has 0 amide bonds. The molecule has 0 fully saturated rings. The van der Waals surface area contributed by atoms with Crippen molar-refractivity contribution in [1.29, 1.82) is 0 Å². The molecule has 0 heterocycles. The molecule has 2 unspecified atom stereocenters. The summed E-state index contributed by atoms with van der Waals surface area (Å²) in [5.74, 6) is 0.0663. The molecule has 0 aliphatic heterocycles. The zero-order chi connectivity index (χ0) is 23.8. The van der Waals surface area contributed by atoms with Crippen LogP contribution in [-0.2, 0) is 4.74 Å². The Balaban J connectivity index is 0.000000186. The van der Waals surface area contributed by atoms with E-state index in [1.54, 1.807) is 12.1 Å². The van der Waals surface area contributed by atoms with Gasteiger partial charge in [-0.1, -0.05) is 50.3 Å². The number of carbonyl (C=O) groups excluding carboxylic acids is 1. The minimum atomic E-state index is -0.864. The highest BCUT2D eigenvalue weighted by Gasteiger charge is 2.16. The van der Waals surface area contributed by atoms with Crippen molar-refractivity contribution >= 4 is 23.1 Å². The predicted molar refractivity (Wildman–Crippen MR) is 133 cm³/mol. The summed E-state index contributed by atoms with van der Waals surface area (Å²) in [6.45, 7) is 4.50. The average Bonchev–Trinajstić information content (AvgIpc) is 2.85. The summed E-state index contributed by atoms with van der Waals surface area (Å²) < 4.78 is 4.69. The molecule has 0 saturated heterocycles. The molecule has 0 aromatic heterocycles. The van der Waals surface area contributed by atoms with Crippen molar-refractivity contribution in [2.75, 3.05) is 7.11 Å². The van der Waals surface area contributed by atoms with Gasteiger partial charge in [-0.15, -0.1) is 0 Å². The molecule has 4 heteroatoms. The highest BCUT2D eigenvalue weighted by atomic mass is 16.5. The Kier molecular flexibility index (Phi) is 8.65. The molecule has 0 saturated carbocycles. The number of hydrogen-bond donors (Lipinski definition) is 1. The maximum absolute atomic E-state index is 11.3. The topological polar surface area (TPSA) is 63.6 Å². The number of benzene rings is 2. The molecule has 0 bridgehead atoms. The molecule has 2 aromatic rings. The molecule has 4 rings (SSSR count). The Morgan fingerprint density at radius 2 is 1.18 bits per heavy atom. The van der Waals surface area contributed by atoms with Crippen molar-refractivity contribution < 1.29 is 19.4 Å². The molecule has 0 spiro atoms. The Labute approximate surface area is 197 Å². The van der Waals surface area contributed by atoms with E-state index in [0.717, 1.165) is 12.0 Å². The zero-order valence-corrected chi connectivity index (χ0v) is 19.8. The molecule has 2 aliphatic carbocycles. The van der Waals surface area contributed by atoms with Gasteiger partial charge in [0.05, 0.1) is 18.2 Å². The van der Waals surface area contributed by atoms with Crippen molar-refractivity contribution in [2.45, 2.75) is 52.4 Å². The maximum atomic E-state index is 11.3. The van der Waals surface area contributed by atoms with E-state index >= 15 is 0 Å². The van der Waals surface area contributed by atoms with Crippen LogP contribution < -0.4 is 0 Å². The number of carboxylic acids is 1. The third-order valence-corrected chi connectivity index (χ3v) is 6.58. The summed E-state index contributed by atoms with van der Waals surface area (Å²) in [5.41, 5.74) is 6.13. The SMILES string of the molecule is CC1CCCC=C1c1ccc(C(=O)O)cc1.COC(=O)c1ccc(C2=CCCCC2C)cc1. The highest BCUT2D eigenvalue weighted by Crippen LogP contribution is 2.33. The van der Waals surface area contributed by atoms with Crippen LogP contribution in [0.5, 0.6) is 0 Å². The number of ether oxygens (including phenoxy) is 1. The van der Waals surface area contributed by atoms with Gasteiger partial charge < -0.3 is 9.84 Å². The quantitative estimate of drug-likeness (QED) is 0.502. The normalized spacial score (nSPS) is 20.0. The number of rotatable bonds is 4. The molecular weight excluding hydrogens is 412 g/mol. The van der Waals surface area contributed by atoms with E-state index in [9.17, 15) is 9.59 Å². The Bertz CT molecular complexity index is 1010. The van der Waals surface area contributed by atoms with Crippen LogP contribution in [0.25, 0.3) is 11.1 Å². The van der Waals surface area contributed by atoms with Crippen molar-refractivity contribution in [1.82, 2.24) is 0 Å². The predicted octanol–water partition coefficient (Wildman–Crippen LogP) is 7.26. The van der Waals surface area contributed by atoms with Crippen molar-refractivity contribution in [3.63, 3.8) is 0 Å². The molecule has 0 radical (unpaired) electrons. The summed E-state index contributed by atoms with van der Waals surface area (Å²) in [6.07, 6.45) is 11.9. The van der Waals surface area contributed by atoms with Gasteiger partial charge in [0.1, 0.15) is 0 Å². The van der Waals surface area contributed by atoms with Crippen molar-refractivity contribution in [3.05, 3.63) is 82.9 Å². The summed E-state index contributed by atoms with van der Waals surface area (Å²) in [4.78, 5) is 22.1. The van der Waals surface area contributed by atoms with Gasteiger partial charge in [0, 0.05) is 0 Å². The number of hydrogen-bond acceptors (Lipinski definition) is 3. The second-order valence-electron chi connectivity index (χ2n) is 8.93. The van der Waals surface area contributed by atoms with Crippen LogP contribution in [0.4, 0.5) is 0 Å². The van der Waals surface area contributed by atoms with E-state index in [1.807, 2.05) is 36.4 Å². The number of aromatic carboxylic acids is 1. The van der Waals surface area contributed by atoms with Gasteiger partial charge in [-0.2, -0.15) is 0 Å². The van der Waals surface area contributed by atoms with E-state index in [2.05, 4.69) is 30.7 Å². The average molecular weight is 447 g/mol. The number of esters is 1. The van der Waals surface area contributed by atoms with Gasteiger partial charge in [0.15, 0.2) is 0 Å². The van der Waals surface area contributed by atoms with Gasteiger partial charge in [0.25, 0.3) is 0 Å². The summed E-state index contributed by atoms with van der Waals surface area (Å²) in [7, 11) is 1.40. The second kappa shape index (κ2) is 11.6. The highest BCUT2D eigenvalue weighted by molar-refractivity contribution is 5.90. The monoisotopic (exact) mass is 446 g/mol. The first-order chi connectivity index (χ1) is 15.9. The summed E-state index contributed by atoms with van der Waals surface area (Å²) in [6, 6.07) is 14.9. The Hall–Kier alpha value is -3.14. The number of methoxy groups -OCH3 is 1. The largest absolute Gasteiger partial charge is 0.478 e. The van der Waals surface area contributed by atoms with Crippen molar-refractivity contribution in [2.24, 2.45) is 11.8 Å². The smallest absolute Gasteiger partial charge is 0.337 e. The molecule has 174 valence electrons. The zero-order valence-electron chi connectivity index (χ0n) is 19.8. The van der Waals surface area contributed by atoms with Gasteiger partial charge >= 0.3 is 11.9 Å². The first-order valence-electron chi connectivity index (χ1n) is 11.8. The lowest BCUT2D eigenvalue weighted by Gasteiger charge is -2.20. The summed E-state index contributed by atoms with van der Waals surface area (Å²) >= 11 is 0. The summed E-state index contributed by atoms with van der Waals surface area (Å²) in [5, 5.41) is 8.82. The molecule has 2 aromatic carbocycles. The van der Waals surface area contributed by atoms with Gasteiger partial charge in [-0.05, 0) is 96.9 Å². The molecule has 4 nitrogen and oxygen atoms in total. The first kappa shape index (κ1) is 24.5. The lowest BCUT2D eigenvalue weighted by atomic mass is 9.85. The first-order valence-corrected chi connectivity index (χ1v) is 11.8. The van der Waals surface area contributed by atoms with Crippen molar-refractivity contribution in [3.8, 4) is 0 Å². The van der Waals surface area contributed by atoms with Crippen LogP contribution in [0.1, 0.15) is 84.2 Å². The molecule has 33 heavy (non-hydrogen) atoms. The van der Waals surface area contributed by atoms with Gasteiger partial charge in [-0.3, -0.25) is 0 Å². The van der Waals surface area contributed by atoms with Crippen LogP contribution in [0.15, 0.2) is 60.7 Å². The Morgan fingerprint density at radius 1 is 0.758 bits per heavy atom. The minimum absolute atomic E-state index is 0.276. The molecule has 1 N–H and O–H groups in total. The third kappa shape index (κ3) is 6.44. The van der Waals surface area contributed by atoms with Crippen LogP contribution in [0.2, 0.25) is 0 Å². The molecule has 2 aliphatic rings. The fourth-order valence-electron chi connectivity index (χ4n) is 4.60. The van der Waals surface area contributed by atoms with E-state index in [1.165, 1.54) is 55.9 Å². The van der Waals surface area contributed by atoms with Gasteiger partial charge in [0.2, 0.25) is 0 Å². The lowest BCUT2D eigenvalue weighted by molar-refractivity contribution is 0.0599. The van der Waals surface area contributed by atoms with Crippen LogP contribution in [0.3, 0.4) is 0 Å². The van der Waals surface area contributed by atoms with Crippen LogP contribution >= 0.6 is 0 Å². The fraction of sp³-hybridized carbons (Fsp3) is 0.379. The van der Waals surface area contributed by atoms with E-state index in [4.69, 9.17) is 5.11 Å². The molecule has 2 atom stereocenters. The fourth-order valence-corrected chi connectivity index (χ4v) is 4.60. The third-order valence-electron chi connectivity index (χ3n) is 6.58. The van der Waals surface area contributed by atoms with E-state index < -0.39 is 5.97 Å². The second-order valence-corrected chi connectivity index (χ2v) is 8.93. The van der Waals surface area contributed by atoms with Gasteiger partial charge in [-0.25, -0.2) is 9.59 Å². The maximum Gasteiger partial charge on any atom is 0.337 e. The molecular formula is C29H34O4. The van der Waals surface area contributed by atoms with Crippen LogP contribution in [0, 0.1) is 11.8 Å². The van der Waals surface area contributed by atoms with Crippen LogP contribution in [-0.4, -0.2) is 24.2 Å². The Morgan fingerprint density at radius 3 is 1.55 bits per heavy atom. The number of carboxylic acid groups (broad SMARTS) is 1. The number of allylic oxidation sites excluding steroid dienone is 4. The lowest BCUT2D eigenvalue weighted by Crippen LogP contribution is -2.05. The standard InChI is InChI=1S/C15H18O2.C14H16O2/c1-11-5-3-4-6-14(11)12-7-9-13(10-8-12)15(16)17-2;1-10-4-2-3-5-13(10)11-6-8-12(9-7-11)14(15)16/h6-11H,3-5H2,1-2H3;5-10H,2-4H2,1H3,(H,15,16). The number of carbonyl (C=O) groups is 2. The van der Waals surface area contributed by atoms with E-state index in [-0.39, 0.29) is 5.97 Å². The van der Waals surface area contributed by atoms with E-state index in [0.29, 0.717) is 23.0 Å². The minimum Gasteiger partial charge on any atom is -0.478 e.